The quantitative estimate of drug-likeness (QED) is 0.609. The van der Waals surface area contributed by atoms with Gasteiger partial charge in [0.2, 0.25) is 0 Å². The van der Waals surface area contributed by atoms with Crippen molar-refractivity contribution in [1.29, 1.82) is 0 Å². The second-order valence-corrected chi connectivity index (χ2v) is 5.93. The highest BCUT2D eigenvalue weighted by atomic mass is 32.2. The van der Waals surface area contributed by atoms with E-state index in [1.165, 1.54) is 6.08 Å². The summed E-state index contributed by atoms with van der Waals surface area (Å²) in [5.41, 5.74) is 0.521. The first kappa shape index (κ1) is 16.1. The van der Waals surface area contributed by atoms with Crippen molar-refractivity contribution < 1.29 is 24.6 Å². The Labute approximate surface area is 134 Å². The molecule has 1 aromatic heterocycles. The molecule has 0 bridgehead atoms. The van der Waals surface area contributed by atoms with Crippen LogP contribution in [0.2, 0.25) is 0 Å². The standard InChI is InChI=1S/C13H10N2O5S2/c16-10(17)6-8(12(19)20)15-11(18)9(22-13(15)21)5-7-3-1-2-4-14-7/h1-5,8H,6H2,(H,16,17)(H,19,20)/b9-5-/t8-/m0/s1. The summed E-state index contributed by atoms with van der Waals surface area (Å²) >= 11 is 5.93. The van der Waals surface area contributed by atoms with Crippen molar-refractivity contribution in [2.75, 3.05) is 0 Å². The van der Waals surface area contributed by atoms with Gasteiger partial charge in [0.05, 0.1) is 17.0 Å². The zero-order valence-corrected chi connectivity index (χ0v) is 12.6. The lowest BCUT2D eigenvalue weighted by atomic mass is 10.2. The number of amides is 1. The smallest absolute Gasteiger partial charge is 0.327 e. The zero-order chi connectivity index (χ0) is 16.3. The largest absolute Gasteiger partial charge is 0.481 e. The SMILES string of the molecule is O=C(O)C[C@@H](C(=O)O)N1C(=O)/C(=C/c2ccccn2)SC1=S. The summed E-state index contributed by atoms with van der Waals surface area (Å²) in [5.74, 6) is -3.37. The lowest BCUT2D eigenvalue weighted by molar-refractivity contribution is -0.150. The molecule has 2 N–H and O–H groups in total. The van der Waals surface area contributed by atoms with E-state index in [-0.39, 0.29) is 9.23 Å². The fraction of sp³-hybridized carbons (Fsp3) is 0.154. The molecular formula is C13H10N2O5S2. The Morgan fingerprint density at radius 3 is 2.68 bits per heavy atom. The molecule has 7 nitrogen and oxygen atoms in total. The molecule has 1 atom stereocenters. The molecule has 0 aliphatic carbocycles. The van der Waals surface area contributed by atoms with Gasteiger partial charge in [-0.15, -0.1) is 0 Å². The number of hydrogen-bond acceptors (Lipinski definition) is 6. The van der Waals surface area contributed by atoms with E-state index < -0.39 is 30.3 Å². The van der Waals surface area contributed by atoms with E-state index in [4.69, 9.17) is 22.4 Å². The van der Waals surface area contributed by atoms with E-state index in [1.807, 2.05) is 0 Å². The molecule has 114 valence electrons. The Morgan fingerprint density at radius 2 is 2.14 bits per heavy atom. The zero-order valence-electron chi connectivity index (χ0n) is 11.0. The number of carbonyl (C=O) groups is 3. The van der Waals surface area contributed by atoms with Crippen LogP contribution in [0.15, 0.2) is 29.3 Å². The second-order valence-electron chi connectivity index (χ2n) is 4.26. The first-order chi connectivity index (χ1) is 10.4. The molecule has 9 heteroatoms. The topological polar surface area (TPSA) is 108 Å². The van der Waals surface area contributed by atoms with Gasteiger partial charge in [-0.3, -0.25) is 19.5 Å². The maximum Gasteiger partial charge on any atom is 0.327 e. The number of nitrogens with zero attached hydrogens (tertiary/aromatic N) is 2. The number of thiocarbonyl (C=S) groups is 1. The average molecular weight is 338 g/mol. The van der Waals surface area contributed by atoms with Gasteiger partial charge in [0.25, 0.3) is 5.91 Å². The first-order valence-corrected chi connectivity index (χ1v) is 7.25. The van der Waals surface area contributed by atoms with Crippen LogP contribution in [0.5, 0.6) is 0 Å². The van der Waals surface area contributed by atoms with Gasteiger partial charge in [0.1, 0.15) is 10.4 Å². The van der Waals surface area contributed by atoms with Crippen molar-refractivity contribution >= 4 is 52.2 Å². The minimum absolute atomic E-state index is 0.0147. The summed E-state index contributed by atoms with van der Waals surface area (Å²) in [6.45, 7) is 0. The van der Waals surface area contributed by atoms with Gasteiger partial charge >= 0.3 is 11.9 Å². The minimum Gasteiger partial charge on any atom is -0.481 e. The molecule has 0 aromatic carbocycles. The highest BCUT2D eigenvalue weighted by Gasteiger charge is 2.41. The summed E-state index contributed by atoms with van der Waals surface area (Å²) < 4.78 is 0.0147. The number of carboxylic acids is 2. The Bertz CT molecular complexity index is 674. The number of pyridine rings is 1. The summed E-state index contributed by atoms with van der Waals surface area (Å²) in [6.07, 6.45) is 2.31. The second kappa shape index (κ2) is 6.67. The van der Waals surface area contributed by atoms with E-state index in [9.17, 15) is 14.4 Å². The molecule has 0 spiro atoms. The predicted molar refractivity (Wildman–Crippen MR) is 82.9 cm³/mol. The molecule has 1 aliphatic heterocycles. The van der Waals surface area contributed by atoms with Crippen LogP contribution in [0.25, 0.3) is 6.08 Å². The maximum atomic E-state index is 12.3. The number of carboxylic acid groups (broad SMARTS) is 2. The fourth-order valence-electron chi connectivity index (χ4n) is 1.80. The van der Waals surface area contributed by atoms with Crippen molar-refractivity contribution in [2.24, 2.45) is 0 Å². The third kappa shape index (κ3) is 3.49. The Morgan fingerprint density at radius 1 is 1.41 bits per heavy atom. The van der Waals surface area contributed by atoms with Crippen LogP contribution >= 0.6 is 24.0 Å². The highest BCUT2D eigenvalue weighted by molar-refractivity contribution is 8.26. The molecule has 1 amide bonds. The van der Waals surface area contributed by atoms with Crippen molar-refractivity contribution in [2.45, 2.75) is 12.5 Å². The molecule has 0 saturated carbocycles. The Hall–Kier alpha value is -2.26. The van der Waals surface area contributed by atoms with E-state index in [1.54, 1.807) is 24.4 Å². The fourth-order valence-corrected chi connectivity index (χ4v) is 3.14. The number of rotatable bonds is 5. The maximum absolute atomic E-state index is 12.3. The van der Waals surface area contributed by atoms with Gasteiger partial charge in [0.15, 0.2) is 0 Å². The van der Waals surface area contributed by atoms with Gasteiger partial charge < -0.3 is 10.2 Å². The van der Waals surface area contributed by atoms with Gasteiger partial charge in [0, 0.05) is 6.20 Å². The minimum atomic E-state index is -1.53. The summed E-state index contributed by atoms with van der Waals surface area (Å²) in [5, 5.41) is 17.9. The van der Waals surface area contributed by atoms with Gasteiger partial charge in [-0.05, 0) is 18.2 Å². The summed E-state index contributed by atoms with van der Waals surface area (Å²) in [7, 11) is 0. The third-order valence-electron chi connectivity index (χ3n) is 2.75. The highest BCUT2D eigenvalue weighted by Crippen LogP contribution is 2.34. The van der Waals surface area contributed by atoms with Crippen LogP contribution in [0, 0.1) is 0 Å². The molecule has 0 unspecified atom stereocenters. The Kier molecular flexibility index (Phi) is 4.88. The lowest BCUT2D eigenvalue weighted by Gasteiger charge is -2.21. The van der Waals surface area contributed by atoms with Crippen LogP contribution in [0.4, 0.5) is 0 Å². The molecule has 1 saturated heterocycles. The van der Waals surface area contributed by atoms with E-state index in [0.717, 1.165) is 16.7 Å². The molecule has 1 fully saturated rings. The number of carbonyl (C=O) groups excluding carboxylic acids is 1. The lowest BCUT2D eigenvalue weighted by Crippen LogP contribution is -2.45. The van der Waals surface area contributed by atoms with Crippen LogP contribution in [-0.4, -0.2) is 48.3 Å². The van der Waals surface area contributed by atoms with Crippen molar-refractivity contribution in [3.05, 3.63) is 35.0 Å². The van der Waals surface area contributed by atoms with Crippen LogP contribution in [0.1, 0.15) is 12.1 Å². The molecule has 2 heterocycles. The van der Waals surface area contributed by atoms with Gasteiger partial charge in [-0.2, -0.15) is 0 Å². The first-order valence-electron chi connectivity index (χ1n) is 6.03. The summed E-state index contributed by atoms with van der Waals surface area (Å²) in [4.78, 5) is 39.4. The normalized spacial score (nSPS) is 17.8. The molecule has 1 aromatic rings. The molecule has 1 aliphatic rings. The van der Waals surface area contributed by atoms with Crippen LogP contribution in [0.3, 0.4) is 0 Å². The van der Waals surface area contributed by atoms with Gasteiger partial charge in [-0.25, -0.2) is 4.79 Å². The van der Waals surface area contributed by atoms with Crippen LogP contribution in [-0.2, 0) is 14.4 Å². The van der Waals surface area contributed by atoms with Crippen molar-refractivity contribution in [3.63, 3.8) is 0 Å². The number of thioether (sulfide) groups is 1. The van der Waals surface area contributed by atoms with Crippen LogP contribution < -0.4 is 0 Å². The van der Waals surface area contributed by atoms with E-state index >= 15 is 0 Å². The monoisotopic (exact) mass is 338 g/mol. The van der Waals surface area contributed by atoms with Gasteiger partial charge in [-0.1, -0.05) is 30.0 Å². The average Bonchev–Trinajstić information content (AvgIpc) is 2.72. The van der Waals surface area contributed by atoms with E-state index in [2.05, 4.69) is 4.98 Å². The number of aliphatic carboxylic acids is 2. The summed E-state index contributed by atoms with van der Waals surface area (Å²) in [6, 6.07) is 3.61. The predicted octanol–water partition coefficient (Wildman–Crippen LogP) is 1.21. The molecule has 2 rings (SSSR count). The van der Waals surface area contributed by atoms with Crippen molar-refractivity contribution in [3.8, 4) is 0 Å². The van der Waals surface area contributed by atoms with E-state index in [0.29, 0.717) is 5.69 Å². The number of hydrogen-bond donors (Lipinski definition) is 2. The number of aromatic nitrogens is 1. The molecular weight excluding hydrogens is 328 g/mol. The third-order valence-corrected chi connectivity index (χ3v) is 4.09. The van der Waals surface area contributed by atoms with Crippen molar-refractivity contribution in [1.82, 2.24) is 9.88 Å². The Balaban J connectivity index is 2.30. The molecule has 22 heavy (non-hydrogen) atoms. The molecule has 0 radical (unpaired) electrons.